The molecule has 6 heteroatoms. The number of benzene rings is 1. The zero-order valence-electron chi connectivity index (χ0n) is 15.5. The molecule has 2 aliphatic rings. The van der Waals surface area contributed by atoms with Crippen molar-refractivity contribution < 1.29 is 8.42 Å². The van der Waals surface area contributed by atoms with Crippen LogP contribution in [0.5, 0.6) is 0 Å². The first kappa shape index (κ1) is 19.2. The highest BCUT2D eigenvalue weighted by atomic mass is 32.2. The highest BCUT2D eigenvalue weighted by Gasteiger charge is 2.28. The Morgan fingerprint density at radius 2 is 1.76 bits per heavy atom. The number of rotatable bonds is 5. The van der Waals surface area contributed by atoms with Crippen LogP contribution in [0.15, 0.2) is 17.0 Å². The zero-order valence-corrected chi connectivity index (χ0v) is 17.2. The van der Waals surface area contributed by atoms with Crippen molar-refractivity contribution in [2.75, 3.05) is 31.1 Å². The molecule has 0 saturated carbocycles. The topological polar surface area (TPSA) is 49.4 Å². The van der Waals surface area contributed by atoms with Crippen LogP contribution >= 0.6 is 11.8 Å². The predicted octanol–water partition coefficient (Wildman–Crippen LogP) is 3.11. The highest BCUT2D eigenvalue weighted by molar-refractivity contribution is 7.99. The number of nitrogens with one attached hydrogen (secondary N) is 1. The van der Waals surface area contributed by atoms with Gasteiger partial charge in [0.2, 0.25) is 10.0 Å². The van der Waals surface area contributed by atoms with Gasteiger partial charge in [0.05, 0.1) is 4.90 Å². The number of nitrogens with zero attached hydrogens (tertiary/aromatic N) is 1. The van der Waals surface area contributed by atoms with Gasteiger partial charge in [0.1, 0.15) is 0 Å². The summed E-state index contributed by atoms with van der Waals surface area (Å²) < 4.78 is 28.3. The van der Waals surface area contributed by atoms with Crippen molar-refractivity contribution in [2.24, 2.45) is 5.92 Å². The molecule has 1 atom stereocenters. The number of aryl methyl sites for hydroxylation is 3. The van der Waals surface area contributed by atoms with E-state index in [1.807, 2.05) is 26.8 Å². The van der Waals surface area contributed by atoms with E-state index in [1.165, 1.54) is 17.9 Å². The fraction of sp³-hybridized carbons (Fsp3) is 0.684. The smallest absolute Gasteiger partial charge is 0.240 e. The van der Waals surface area contributed by atoms with E-state index in [9.17, 15) is 8.42 Å². The Labute approximate surface area is 156 Å². The molecular formula is C19H30N2O2S2. The van der Waals surface area contributed by atoms with Crippen LogP contribution in [0.1, 0.15) is 36.0 Å². The van der Waals surface area contributed by atoms with Gasteiger partial charge < -0.3 is 0 Å². The molecule has 1 aromatic rings. The molecule has 140 valence electrons. The molecule has 0 aliphatic carbocycles. The standard InChI is InChI=1S/C19H30N2O2S2/c1-14-10-16(3)19(11-15(14)2)25(22,23)20-12-17-4-7-21(8-5-17)18-6-9-24-13-18/h10-11,17-18,20H,4-9,12-13H2,1-3H3. The van der Waals surface area contributed by atoms with Gasteiger partial charge in [-0.15, -0.1) is 0 Å². The summed E-state index contributed by atoms with van der Waals surface area (Å²) in [6.45, 7) is 8.63. The Hall–Kier alpha value is -0.560. The molecule has 3 rings (SSSR count). The first-order valence-corrected chi connectivity index (χ1v) is 11.9. The van der Waals surface area contributed by atoms with Crippen LogP contribution in [-0.2, 0) is 10.0 Å². The largest absolute Gasteiger partial charge is 0.300 e. The Morgan fingerprint density at radius 1 is 1.08 bits per heavy atom. The molecule has 25 heavy (non-hydrogen) atoms. The summed E-state index contributed by atoms with van der Waals surface area (Å²) in [6, 6.07) is 4.51. The molecule has 2 heterocycles. The van der Waals surface area contributed by atoms with Crippen LogP contribution in [0.3, 0.4) is 0 Å². The predicted molar refractivity (Wildman–Crippen MR) is 106 cm³/mol. The maximum Gasteiger partial charge on any atom is 0.240 e. The summed E-state index contributed by atoms with van der Waals surface area (Å²) in [5, 5.41) is 0. The Morgan fingerprint density at radius 3 is 2.40 bits per heavy atom. The van der Waals surface area contributed by atoms with Gasteiger partial charge in [-0.25, -0.2) is 13.1 Å². The van der Waals surface area contributed by atoms with Crippen molar-refractivity contribution in [2.45, 2.75) is 51.0 Å². The zero-order chi connectivity index (χ0) is 18.0. The second-order valence-corrected chi connectivity index (χ2v) is 10.4. The molecule has 0 bridgehead atoms. The summed E-state index contributed by atoms with van der Waals surface area (Å²) in [5.74, 6) is 3.01. The van der Waals surface area contributed by atoms with Crippen molar-refractivity contribution in [3.63, 3.8) is 0 Å². The van der Waals surface area contributed by atoms with Crippen LogP contribution in [0.4, 0.5) is 0 Å². The summed E-state index contributed by atoms with van der Waals surface area (Å²) in [6.07, 6.45) is 3.50. The molecule has 0 spiro atoms. The third kappa shape index (κ3) is 4.59. The number of likely N-dealkylation sites (tertiary alicyclic amines) is 1. The maximum absolute atomic E-state index is 12.7. The van der Waals surface area contributed by atoms with Gasteiger partial charge in [0, 0.05) is 18.3 Å². The van der Waals surface area contributed by atoms with E-state index in [0.29, 0.717) is 17.4 Å². The van der Waals surface area contributed by atoms with Gasteiger partial charge >= 0.3 is 0 Å². The fourth-order valence-corrected chi connectivity index (χ4v) is 6.54. The Kier molecular flexibility index (Phi) is 6.14. The highest BCUT2D eigenvalue weighted by Crippen LogP contribution is 2.27. The normalized spacial score (nSPS) is 23.2. The second kappa shape index (κ2) is 7.99. The lowest BCUT2D eigenvalue weighted by atomic mass is 9.96. The third-order valence-electron chi connectivity index (χ3n) is 5.71. The minimum atomic E-state index is -3.43. The van der Waals surface area contributed by atoms with Crippen LogP contribution in [0.25, 0.3) is 0 Å². The molecule has 4 nitrogen and oxygen atoms in total. The second-order valence-electron chi connectivity index (χ2n) is 7.55. The molecule has 2 fully saturated rings. The van der Waals surface area contributed by atoms with Crippen molar-refractivity contribution >= 4 is 21.8 Å². The SMILES string of the molecule is Cc1cc(C)c(S(=O)(=O)NCC2CCN(C3CCSC3)CC2)cc1C. The van der Waals surface area contributed by atoms with E-state index in [0.717, 1.165) is 48.7 Å². The van der Waals surface area contributed by atoms with Crippen LogP contribution in [0.2, 0.25) is 0 Å². The molecule has 0 radical (unpaired) electrons. The molecule has 0 aromatic heterocycles. The molecule has 0 amide bonds. The summed E-state index contributed by atoms with van der Waals surface area (Å²) in [5.41, 5.74) is 2.98. The lowest BCUT2D eigenvalue weighted by Gasteiger charge is -2.35. The minimum absolute atomic E-state index is 0.427. The van der Waals surface area contributed by atoms with E-state index < -0.39 is 10.0 Å². The Balaban J connectivity index is 1.55. The lowest BCUT2D eigenvalue weighted by Crippen LogP contribution is -2.43. The van der Waals surface area contributed by atoms with Crippen molar-refractivity contribution in [3.8, 4) is 0 Å². The average molecular weight is 383 g/mol. The van der Waals surface area contributed by atoms with E-state index >= 15 is 0 Å². The Bertz CT molecular complexity index is 704. The van der Waals surface area contributed by atoms with E-state index in [2.05, 4.69) is 21.4 Å². The van der Waals surface area contributed by atoms with E-state index in [-0.39, 0.29) is 0 Å². The van der Waals surface area contributed by atoms with Gasteiger partial charge in [-0.05, 0) is 87.6 Å². The molecular weight excluding hydrogens is 352 g/mol. The number of hydrogen-bond donors (Lipinski definition) is 1. The number of thioether (sulfide) groups is 1. The first-order chi connectivity index (χ1) is 11.9. The fourth-order valence-electron chi connectivity index (χ4n) is 3.86. The van der Waals surface area contributed by atoms with E-state index in [1.54, 1.807) is 6.07 Å². The molecule has 1 aromatic carbocycles. The van der Waals surface area contributed by atoms with Crippen molar-refractivity contribution in [3.05, 3.63) is 28.8 Å². The summed E-state index contributed by atoms with van der Waals surface area (Å²) in [4.78, 5) is 3.04. The van der Waals surface area contributed by atoms with Gasteiger partial charge in [-0.1, -0.05) is 6.07 Å². The van der Waals surface area contributed by atoms with Gasteiger partial charge in [-0.2, -0.15) is 11.8 Å². The third-order valence-corrected chi connectivity index (χ3v) is 8.42. The molecule has 1 unspecified atom stereocenters. The van der Waals surface area contributed by atoms with Crippen LogP contribution < -0.4 is 4.72 Å². The van der Waals surface area contributed by atoms with Crippen molar-refractivity contribution in [1.82, 2.24) is 9.62 Å². The monoisotopic (exact) mass is 382 g/mol. The summed E-state index contributed by atoms with van der Waals surface area (Å²) >= 11 is 2.06. The van der Waals surface area contributed by atoms with Crippen LogP contribution in [-0.4, -0.2) is 50.5 Å². The van der Waals surface area contributed by atoms with Gasteiger partial charge in [-0.3, -0.25) is 4.90 Å². The molecule has 2 aliphatic heterocycles. The number of piperidine rings is 1. The summed E-state index contributed by atoms with van der Waals surface area (Å²) in [7, 11) is -3.43. The first-order valence-electron chi connectivity index (χ1n) is 9.26. The van der Waals surface area contributed by atoms with Gasteiger partial charge in [0.25, 0.3) is 0 Å². The molecule has 2 saturated heterocycles. The maximum atomic E-state index is 12.7. The molecule has 1 N–H and O–H groups in total. The van der Waals surface area contributed by atoms with Gasteiger partial charge in [0.15, 0.2) is 0 Å². The number of sulfonamides is 1. The average Bonchev–Trinajstić information content (AvgIpc) is 3.11. The van der Waals surface area contributed by atoms with Crippen molar-refractivity contribution in [1.29, 1.82) is 0 Å². The number of hydrogen-bond acceptors (Lipinski definition) is 4. The lowest BCUT2D eigenvalue weighted by molar-refractivity contribution is 0.145. The van der Waals surface area contributed by atoms with Crippen LogP contribution in [0, 0.1) is 26.7 Å². The van der Waals surface area contributed by atoms with E-state index in [4.69, 9.17) is 0 Å². The quantitative estimate of drug-likeness (QED) is 0.850. The minimum Gasteiger partial charge on any atom is -0.300 e.